The van der Waals surface area contributed by atoms with Gasteiger partial charge in [0, 0.05) is 23.7 Å². The number of pyridine rings is 1. The van der Waals surface area contributed by atoms with E-state index in [0.717, 1.165) is 28.2 Å². The monoisotopic (exact) mass is 354 g/mol. The molecule has 128 valence electrons. The second-order valence-electron chi connectivity index (χ2n) is 6.16. The SMILES string of the molecule is Cc1cccc(C[NH+]=CC(=CN)C2=CNC3(C)C=CC(Cl)=NC3=C2)n1. The highest BCUT2D eigenvalue weighted by atomic mass is 35.5. The van der Waals surface area contributed by atoms with Crippen LogP contribution in [0, 0.1) is 6.92 Å². The first-order valence-electron chi connectivity index (χ1n) is 8.05. The molecule has 2 aliphatic heterocycles. The third-order valence-corrected chi connectivity index (χ3v) is 4.34. The lowest BCUT2D eigenvalue weighted by molar-refractivity contribution is -0.470. The zero-order valence-corrected chi connectivity index (χ0v) is 15.0. The van der Waals surface area contributed by atoms with Crippen molar-refractivity contribution in [3.63, 3.8) is 0 Å². The van der Waals surface area contributed by atoms with Gasteiger partial charge < -0.3 is 11.1 Å². The fourth-order valence-corrected chi connectivity index (χ4v) is 2.82. The number of hydrogen-bond donors (Lipinski definition) is 3. The fourth-order valence-electron chi connectivity index (χ4n) is 2.67. The van der Waals surface area contributed by atoms with Gasteiger partial charge in [-0.3, -0.25) is 4.98 Å². The number of dihydropyridines is 2. The normalized spacial score (nSPS) is 22.8. The summed E-state index contributed by atoms with van der Waals surface area (Å²) in [5.41, 5.74) is 10.1. The molecular weight excluding hydrogens is 334 g/mol. The van der Waals surface area contributed by atoms with Crippen LogP contribution >= 0.6 is 11.6 Å². The minimum atomic E-state index is -0.347. The van der Waals surface area contributed by atoms with E-state index in [9.17, 15) is 0 Å². The summed E-state index contributed by atoms with van der Waals surface area (Å²) in [5, 5.41) is 3.83. The maximum absolute atomic E-state index is 6.03. The van der Waals surface area contributed by atoms with E-state index in [1.807, 2.05) is 56.6 Å². The van der Waals surface area contributed by atoms with Crippen LogP contribution in [0.1, 0.15) is 18.3 Å². The highest BCUT2D eigenvalue weighted by Gasteiger charge is 2.31. The molecule has 25 heavy (non-hydrogen) atoms. The molecule has 0 saturated carbocycles. The predicted molar refractivity (Wildman–Crippen MR) is 102 cm³/mol. The number of aliphatic imine (C=N–C) groups is 1. The van der Waals surface area contributed by atoms with Crippen LogP contribution in [0.2, 0.25) is 0 Å². The van der Waals surface area contributed by atoms with Crippen molar-refractivity contribution in [1.29, 1.82) is 0 Å². The second kappa shape index (κ2) is 7.07. The molecule has 1 unspecified atom stereocenters. The van der Waals surface area contributed by atoms with Gasteiger partial charge in [0.05, 0.1) is 16.8 Å². The molecule has 0 amide bonds. The Labute approximate surface area is 152 Å². The molecule has 0 radical (unpaired) electrons. The molecule has 4 N–H and O–H groups in total. The van der Waals surface area contributed by atoms with Crippen molar-refractivity contribution in [3.05, 3.63) is 77.1 Å². The number of aryl methyl sites for hydroxylation is 1. The summed E-state index contributed by atoms with van der Waals surface area (Å²) in [6, 6.07) is 5.96. The largest absolute Gasteiger partial charge is 0.404 e. The van der Waals surface area contributed by atoms with Gasteiger partial charge in [0.15, 0.2) is 12.8 Å². The Morgan fingerprint density at radius 1 is 1.44 bits per heavy atom. The Bertz CT molecular complexity index is 860. The Hall–Kier alpha value is -2.66. The minimum absolute atomic E-state index is 0.347. The number of nitrogens with zero attached hydrogens (tertiary/aromatic N) is 2. The first-order chi connectivity index (χ1) is 12.0. The van der Waals surface area contributed by atoms with E-state index in [1.54, 1.807) is 12.3 Å². The van der Waals surface area contributed by atoms with Crippen LogP contribution in [-0.2, 0) is 6.54 Å². The summed E-state index contributed by atoms with van der Waals surface area (Å²) in [6.45, 7) is 4.65. The van der Waals surface area contributed by atoms with Gasteiger partial charge >= 0.3 is 0 Å². The van der Waals surface area contributed by atoms with Crippen LogP contribution in [0.5, 0.6) is 0 Å². The highest BCUT2D eigenvalue weighted by Crippen LogP contribution is 2.30. The summed E-state index contributed by atoms with van der Waals surface area (Å²) in [5.74, 6) is 0. The molecule has 0 spiro atoms. The van der Waals surface area contributed by atoms with E-state index in [0.29, 0.717) is 11.7 Å². The Morgan fingerprint density at radius 3 is 3.04 bits per heavy atom. The summed E-state index contributed by atoms with van der Waals surface area (Å²) < 4.78 is 0. The number of nitrogens with two attached hydrogens (primary N) is 1. The molecule has 1 aromatic heterocycles. The maximum Gasteiger partial charge on any atom is 0.183 e. The van der Waals surface area contributed by atoms with E-state index in [-0.39, 0.29) is 5.54 Å². The lowest BCUT2D eigenvalue weighted by atomic mass is 9.90. The Morgan fingerprint density at radius 2 is 2.28 bits per heavy atom. The van der Waals surface area contributed by atoms with Crippen molar-refractivity contribution in [2.45, 2.75) is 25.9 Å². The third-order valence-electron chi connectivity index (χ3n) is 4.13. The van der Waals surface area contributed by atoms with E-state index in [1.165, 1.54) is 0 Å². The predicted octanol–water partition coefficient (Wildman–Crippen LogP) is 1.22. The standard InChI is InChI=1S/C19H20ClN5/c1-13-4-3-5-16(24-13)12-22-10-15(9-21)14-8-17-19(2,23-11-14)7-6-18(20)25-17/h3-11,23H,12,21H2,1-2H3/p+1. The van der Waals surface area contributed by atoms with Crippen LogP contribution in [0.15, 0.2) is 70.7 Å². The molecule has 0 aliphatic carbocycles. The highest BCUT2D eigenvalue weighted by molar-refractivity contribution is 6.68. The molecule has 3 rings (SSSR count). The molecule has 1 aromatic rings. The zero-order valence-electron chi connectivity index (χ0n) is 14.3. The van der Waals surface area contributed by atoms with Crippen molar-refractivity contribution < 1.29 is 4.99 Å². The molecule has 0 fully saturated rings. The van der Waals surface area contributed by atoms with Gasteiger partial charge in [-0.05, 0) is 38.1 Å². The quantitative estimate of drug-likeness (QED) is 0.711. The number of rotatable bonds is 4. The summed E-state index contributed by atoms with van der Waals surface area (Å²) in [6.07, 6.45) is 11.2. The van der Waals surface area contributed by atoms with E-state index < -0.39 is 0 Å². The summed E-state index contributed by atoms with van der Waals surface area (Å²) >= 11 is 6.03. The van der Waals surface area contributed by atoms with E-state index in [4.69, 9.17) is 17.3 Å². The average Bonchev–Trinajstić information content (AvgIpc) is 2.59. The first-order valence-corrected chi connectivity index (χ1v) is 8.43. The second-order valence-corrected chi connectivity index (χ2v) is 6.55. The van der Waals surface area contributed by atoms with Crippen molar-refractivity contribution in [1.82, 2.24) is 10.3 Å². The molecule has 1 atom stereocenters. The minimum Gasteiger partial charge on any atom is -0.404 e. The summed E-state index contributed by atoms with van der Waals surface area (Å²) in [4.78, 5) is 12.1. The van der Waals surface area contributed by atoms with Gasteiger partial charge in [-0.1, -0.05) is 23.7 Å². The van der Waals surface area contributed by atoms with E-state index in [2.05, 4.69) is 20.3 Å². The zero-order chi connectivity index (χ0) is 17.9. The van der Waals surface area contributed by atoms with Crippen LogP contribution in [-0.4, -0.2) is 21.9 Å². The number of allylic oxidation sites excluding steroid dienone is 4. The number of nitrogens with one attached hydrogen (secondary N) is 2. The lowest BCUT2D eigenvalue weighted by Gasteiger charge is -2.33. The lowest BCUT2D eigenvalue weighted by Crippen LogP contribution is -2.67. The molecule has 0 bridgehead atoms. The third kappa shape index (κ3) is 3.88. The van der Waals surface area contributed by atoms with Gasteiger partial charge in [-0.2, -0.15) is 0 Å². The molecule has 5 nitrogen and oxygen atoms in total. The molecular formula is C19H21ClN5+. The average molecular weight is 355 g/mol. The van der Waals surface area contributed by atoms with Crippen LogP contribution in [0.4, 0.5) is 0 Å². The smallest absolute Gasteiger partial charge is 0.183 e. The molecule has 3 heterocycles. The number of halogens is 1. The van der Waals surface area contributed by atoms with Gasteiger partial charge in [0.1, 0.15) is 10.9 Å². The van der Waals surface area contributed by atoms with E-state index >= 15 is 0 Å². The van der Waals surface area contributed by atoms with Gasteiger partial charge in [0.25, 0.3) is 0 Å². The van der Waals surface area contributed by atoms with Crippen LogP contribution in [0.25, 0.3) is 0 Å². The van der Waals surface area contributed by atoms with Crippen LogP contribution < -0.4 is 16.0 Å². The topological polar surface area (TPSA) is 77.3 Å². The molecule has 6 heteroatoms. The maximum atomic E-state index is 6.03. The number of hydrogen-bond acceptors (Lipinski definition) is 4. The number of aromatic nitrogens is 1. The fraction of sp³-hybridized carbons (Fsp3) is 0.211. The van der Waals surface area contributed by atoms with Gasteiger partial charge in [-0.15, -0.1) is 0 Å². The Kier molecular flexibility index (Phi) is 4.86. The van der Waals surface area contributed by atoms with Gasteiger partial charge in [-0.25, -0.2) is 9.98 Å². The molecule has 0 aromatic carbocycles. The first kappa shape index (κ1) is 17.2. The number of fused-ring (bicyclic) bond motifs is 1. The Balaban J connectivity index is 1.76. The van der Waals surface area contributed by atoms with Crippen LogP contribution in [0.3, 0.4) is 0 Å². The van der Waals surface area contributed by atoms with Crippen molar-refractivity contribution in [2.24, 2.45) is 10.7 Å². The van der Waals surface area contributed by atoms with Gasteiger partial charge in [0.2, 0.25) is 0 Å². The molecule has 2 aliphatic rings. The van der Waals surface area contributed by atoms with Crippen molar-refractivity contribution in [3.8, 4) is 0 Å². The van der Waals surface area contributed by atoms with Crippen molar-refractivity contribution in [2.75, 3.05) is 0 Å². The summed E-state index contributed by atoms with van der Waals surface area (Å²) in [7, 11) is 0. The molecule has 0 saturated heterocycles. The van der Waals surface area contributed by atoms with Crippen molar-refractivity contribution >= 4 is 23.0 Å².